The summed E-state index contributed by atoms with van der Waals surface area (Å²) in [5.41, 5.74) is 0.303. The number of hydrogen-bond acceptors (Lipinski definition) is 4. The van der Waals surface area contributed by atoms with E-state index in [0.29, 0.717) is 23.8 Å². The smallest absolute Gasteiger partial charge is 0.325 e. The first kappa shape index (κ1) is 18.8. The molecule has 4 amide bonds. The molecule has 2 rings (SSSR count). The number of amides is 4. The molecule has 0 radical (unpaired) electrons. The summed E-state index contributed by atoms with van der Waals surface area (Å²) in [6.07, 6.45) is 0. The van der Waals surface area contributed by atoms with Crippen molar-refractivity contribution in [1.82, 2.24) is 15.5 Å². The van der Waals surface area contributed by atoms with Crippen molar-refractivity contribution in [3.05, 3.63) is 29.3 Å². The van der Waals surface area contributed by atoms with Crippen LogP contribution in [0.1, 0.15) is 31.9 Å². The van der Waals surface area contributed by atoms with Gasteiger partial charge < -0.3 is 15.4 Å². The van der Waals surface area contributed by atoms with Crippen molar-refractivity contribution in [3.8, 4) is 5.75 Å². The fourth-order valence-corrected chi connectivity index (χ4v) is 2.74. The van der Waals surface area contributed by atoms with Crippen molar-refractivity contribution in [2.45, 2.75) is 33.2 Å². The molecular weight excluding hydrogens is 322 g/mol. The Bertz CT molecular complexity index is 702. The first-order chi connectivity index (χ1) is 11.7. The van der Waals surface area contributed by atoms with E-state index >= 15 is 0 Å². The highest BCUT2D eigenvalue weighted by atomic mass is 16.5. The van der Waals surface area contributed by atoms with Crippen LogP contribution in [0.25, 0.3) is 0 Å². The molecule has 1 atom stereocenters. The molecule has 1 aliphatic heterocycles. The SMILES string of the molecule is COc1ccc(C2(C)NC(=O)N(CC(=O)NCC(C)C)C2=O)cc1C. The third kappa shape index (κ3) is 3.75. The van der Waals surface area contributed by atoms with Crippen LogP contribution in [0.4, 0.5) is 4.79 Å². The summed E-state index contributed by atoms with van der Waals surface area (Å²) in [6.45, 7) is 7.65. The number of carbonyl (C=O) groups is 3. The van der Waals surface area contributed by atoms with Crippen LogP contribution in [0.2, 0.25) is 0 Å². The quantitative estimate of drug-likeness (QED) is 0.764. The van der Waals surface area contributed by atoms with Gasteiger partial charge in [-0.1, -0.05) is 19.9 Å². The van der Waals surface area contributed by atoms with E-state index < -0.39 is 17.5 Å². The summed E-state index contributed by atoms with van der Waals surface area (Å²) < 4.78 is 5.23. The van der Waals surface area contributed by atoms with E-state index in [4.69, 9.17) is 4.74 Å². The molecule has 2 N–H and O–H groups in total. The van der Waals surface area contributed by atoms with Crippen LogP contribution >= 0.6 is 0 Å². The Morgan fingerprint density at radius 2 is 2.04 bits per heavy atom. The van der Waals surface area contributed by atoms with Crippen molar-refractivity contribution < 1.29 is 19.1 Å². The molecule has 0 aromatic heterocycles. The average Bonchev–Trinajstić information content (AvgIpc) is 2.77. The van der Waals surface area contributed by atoms with Crippen LogP contribution in [0.5, 0.6) is 5.75 Å². The van der Waals surface area contributed by atoms with Gasteiger partial charge in [0.2, 0.25) is 5.91 Å². The zero-order chi connectivity index (χ0) is 18.8. The molecule has 0 bridgehead atoms. The number of carbonyl (C=O) groups excluding carboxylic acids is 3. The Morgan fingerprint density at radius 3 is 2.60 bits per heavy atom. The third-order valence-corrected chi connectivity index (χ3v) is 4.26. The van der Waals surface area contributed by atoms with Crippen LogP contribution < -0.4 is 15.4 Å². The molecule has 1 heterocycles. The highest BCUT2D eigenvalue weighted by molar-refractivity contribution is 6.09. The highest BCUT2D eigenvalue weighted by Crippen LogP contribution is 2.31. The molecule has 1 unspecified atom stereocenters. The Kier molecular flexibility index (Phi) is 5.35. The first-order valence-corrected chi connectivity index (χ1v) is 8.25. The zero-order valence-electron chi connectivity index (χ0n) is 15.3. The topological polar surface area (TPSA) is 87.7 Å². The standard InChI is InChI=1S/C18H25N3O4/c1-11(2)9-19-15(22)10-21-16(23)18(4,20-17(21)24)13-6-7-14(25-5)12(3)8-13/h6-8,11H,9-10H2,1-5H3,(H,19,22)(H,20,24). The number of imide groups is 1. The molecule has 1 aromatic carbocycles. The van der Waals surface area contributed by atoms with Crippen LogP contribution in [0, 0.1) is 12.8 Å². The maximum Gasteiger partial charge on any atom is 0.325 e. The predicted octanol–water partition coefficient (Wildman–Crippen LogP) is 1.54. The lowest BCUT2D eigenvalue weighted by Gasteiger charge is -2.23. The van der Waals surface area contributed by atoms with Crippen LogP contribution in [-0.2, 0) is 15.1 Å². The Labute approximate surface area is 147 Å². The number of benzene rings is 1. The summed E-state index contributed by atoms with van der Waals surface area (Å²) in [5, 5.41) is 5.41. The maximum atomic E-state index is 12.8. The van der Waals surface area contributed by atoms with Crippen molar-refractivity contribution in [1.29, 1.82) is 0 Å². The molecule has 25 heavy (non-hydrogen) atoms. The fraction of sp³-hybridized carbons (Fsp3) is 0.500. The van der Waals surface area contributed by atoms with E-state index in [2.05, 4.69) is 10.6 Å². The summed E-state index contributed by atoms with van der Waals surface area (Å²) in [5.74, 6) is 0.197. The molecule has 0 aliphatic carbocycles. The first-order valence-electron chi connectivity index (χ1n) is 8.25. The lowest BCUT2D eigenvalue weighted by molar-refractivity contribution is -0.134. The van der Waals surface area contributed by atoms with E-state index in [1.54, 1.807) is 32.2 Å². The van der Waals surface area contributed by atoms with Gasteiger partial charge in [0.25, 0.3) is 5.91 Å². The normalized spacial score (nSPS) is 20.0. The van der Waals surface area contributed by atoms with Crippen LogP contribution in [-0.4, -0.2) is 42.9 Å². The number of ether oxygens (including phenoxy) is 1. The largest absolute Gasteiger partial charge is 0.496 e. The minimum atomic E-state index is -1.20. The van der Waals surface area contributed by atoms with Crippen LogP contribution in [0.3, 0.4) is 0 Å². The second kappa shape index (κ2) is 7.13. The van der Waals surface area contributed by atoms with Crippen molar-refractivity contribution >= 4 is 17.8 Å². The van der Waals surface area contributed by atoms with Gasteiger partial charge in [0.15, 0.2) is 0 Å². The van der Waals surface area contributed by atoms with Gasteiger partial charge in [-0.2, -0.15) is 0 Å². The second-order valence-corrected chi connectivity index (χ2v) is 6.83. The molecule has 7 nitrogen and oxygen atoms in total. The lowest BCUT2D eigenvalue weighted by atomic mass is 9.90. The van der Waals surface area contributed by atoms with E-state index in [-0.39, 0.29) is 12.5 Å². The van der Waals surface area contributed by atoms with Gasteiger partial charge in [0, 0.05) is 6.54 Å². The molecule has 1 saturated heterocycles. The minimum Gasteiger partial charge on any atom is -0.496 e. The lowest BCUT2D eigenvalue weighted by Crippen LogP contribution is -2.43. The number of hydrogen-bond donors (Lipinski definition) is 2. The van der Waals surface area contributed by atoms with Gasteiger partial charge in [-0.25, -0.2) is 4.79 Å². The van der Waals surface area contributed by atoms with Crippen LogP contribution in [0.15, 0.2) is 18.2 Å². The summed E-state index contributed by atoms with van der Waals surface area (Å²) in [6, 6.07) is 4.74. The Balaban J connectivity index is 2.19. The molecule has 1 aliphatic rings. The number of aryl methyl sites for hydroxylation is 1. The number of nitrogens with zero attached hydrogens (tertiary/aromatic N) is 1. The molecule has 1 aromatic rings. The molecule has 1 fully saturated rings. The average molecular weight is 347 g/mol. The highest BCUT2D eigenvalue weighted by Gasteiger charge is 2.49. The van der Waals surface area contributed by atoms with Crippen molar-refractivity contribution in [3.63, 3.8) is 0 Å². The number of methoxy groups -OCH3 is 1. The van der Waals surface area contributed by atoms with Gasteiger partial charge in [-0.05, 0) is 43.0 Å². The molecule has 0 spiro atoms. The zero-order valence-corrected chi connectivity index (χ0v) is 15.3. The number of urea groups is 1. The second-order valence-electron chi connectivity index (χ2n) is 6.83. The summed E-state index contributed by atoms with van der Waals surface area (Å²) in [4.78, 5) is 38.0. The molecule has 0 saturated carbocycles. The van der Waals surface area contributed by atoms with Gasteiger partial charge in [0.05, 0.1) is 7.11 Å². The van der Waals surface area contributed by atoms with E-state index in [1.807, 2.05) is 20.8 Å². The van der Waals surface area contributed by atoms with E-state index in [9.17, 15) is 14.4 Å². The predicted molar refractivity (Wildman–Crippen MR) is 93.2 cm³/mol. The Hall–Kier alpha value is -2.57. The number of rotatable bonds is 6. The molecular formula is C18H25N3O4. The maximum absolute atomic E-state index is 12.8. The monoisotopic (exact) mass is 347 g/mol. The van der Waals surface area contributed by atoms with E-state index in [1.165, 1.54) is 0 Å². The molecule has 7 heteroatoms. The summed E-state index contributed by atoms with van der Waals surface area (Å²) >= 11 is 0. The minimum absolute atomic E-state index is 0.290. The van der Waals surface area contributed by atoms with E-state index in [0.717, 1.165) is 10.5 Å². The van der Waals surface area contributed by atoms with Crippen molar-refractivity contribution in [2.75, 3.05) is 20.2 Å². The van der Waals surface area contributed by atoms with Gasteiger partial charge in [0.1, 0.15) is 17.8 Å². The van der Waals surface area contributed by atoms with Gasteiger partial charge >= 0.3 is 6.03 Å². The third-order valence-electron chi connectivity index (χ3n) is 4.26. The summed E-state index contributed by atoms with van der Waals surface area (Å²) in [7, 11) is 1.57. The number of nitrogens with one attached hydrogen (secondary N) is 2. The fourth-order valence-electron chi connectivity index (χ4n) is 2.74. The molecule has 136 valence electrons. The van der Waals surface area contributed by atoms with Crippen molar-refractivity contribution in [2.24, 2.45) is 5.92 Å². The Morgan fingerprint density at radius 1 is 1.36 bits per heavy atom. The van der Waals surface area contributed by atoms with Gasteiger partial charge in [-0.3, -0.25) is 14.5 Å². The van der Waals surface area contributed by atoms with Gasteiger partial charge in [-0.15, -0.1) is 0 Å².